The highest BCUT2D eigenvalue weighted by molar-refractivity contribution is 5.89. The molecule has 4 heteroatoms. The van der Waals surface area contributed by atoms with Crippen molar-refractivity contribution >= 4 is 5.97 Å². The molecule has 1 N–H and O–H groups in total. The van der Waals surface area contributed by atoms with Gasteiger partial charge in [0.25, 0.3) is 0 Å². The van der Waals surface area contributed by atoms with Gasteiger partial charge in [0, 0.05) is 11.5 Å². The van der Waals surface area contributed by atoms with E-state index in [1.165, 1.54) is 12.8 Å². The van der Waals surface area contributed by atoms with Crippen molar-refractivity contribution in [3.63, 3.8) is 0 Å². The molecule has 3 unspecified atom stereocenters. The Hall–Kier alpha value is -1.32. The molecule has 0 bridgehead atoms. The van der Waals surface area contributed by atoms with E-state index in [9.17, 15) is 4.79 Å². The number of rotatable bonds is 4. The van der Waals surface area contributed by atoms with Gasteiger partial charge in [-0.2, -0.15) is 5.10 Å². The van der Waals surface area contributed by atoms with Crippen molar-refractivity contribution in [1.82, 2.24) is 10.2 Å². The monoisotopic (exact) mass is 234 g/mol. The standard InChI is InChI=1S/C13H18N2O2/c1-3-5-7-8-6-9-11(10(7)8)14-15-12(9)13(16)17-4-2/h7-8,10H,3-6H2,1-2H3,(H,14,15). The SMILES string of the molecule is CCCC1C2Cc3c(n[nH]c3C(=O)OCC)C12. The van der Waals surface area contributed by atoms with E-state index in [0.717, 1.165) is 29.5 Å². The van der Waals surface area contributed by atoms with Gasteiger partial charge in [0.15, 0.2) is 0 Å². The predicted molar refractivity (Wildman–Crippen MR) is 62.9 cm³/mol. The number of carbonyl (C=O) groups excluding carboxylic acids is 1. The number of H-pyrrole nitrogens is 1. The average Bonchev–Trinajstić information content (AvgIpc) is 2.70. The summed E-state index contributed by atoms with van der Waals surface area (Å²) in [4.78, 5) is 11.7. The van der Waals surface area contributed by atoms with E-state index in [4.69, 9.17) is 4.74 Å². The van der Waals surface area contributed by atoms with Gasteiger partial charge >= 0.3 is 5.97 Å². The van der Waals surface area contributed by atoms with Gasteiger partial charge in [-0.15, -0.1) is 0 Å². The first kappa shape index (κ1) is 10.8. The summed E-state index contributed by atoms with van der Waals surface area (Å²) in [6, 6.07) is 0. The molecule has 0 aromatic carbocycles. The van der Waals surface area contributed by atoms with Crippen LogP contribution in [-0.4, -0.2) is 22.8 Å². The van der Waals surface area contributed by atoms with Crippen LogP contribution >= 0.6 is 0 Å². The molecule has 2 aliphatic carbocycles. The van der Waals surface area contributed by atoms with Gasteiger partial charge in [0.05, 0.1) is 12.3 Å². The van der Waals surface area contributed by atoms with Gasteiger partial charge in [-0.1, -0.05) is 13.3 Å². The van der Waals surface area contributed by atoms with Crippen LogP contribution < -0.4 is 0 Å². The molecule has 0 aliphatic heterocycles. The highest BCUT2D eigenvalue weighted by atomic mass is 16.5. The van der Waals surface area contributed by atoms with E-state index in [1.54, 1.807) is 0 Å². The van der Waals surface area contributed by atoms with Crippen LogP contribution in [0.15, 0.2) is 0 Å². The average molecular weight is 234 g/mol. The molecular formula is C13H18N2O2. The Morgan fingerprint density at radius 3 is 3.06 bits per heavy atom. The predicted octanol–water partition coefficient (Wildman–Crippen LogP) is 2.27. The Balaban J connectivity index is 1.79. The first-order chi connectivity index (χ1) is 8.27. The maximum Gasteiger partial charge on any atom is 0.356 e. The third-order valence-corrected chi connectivity index (χ3v) is 4.09. The second kappa shape index (κ2) is 3.86. The molecule has 3 rings (SSSR count). The zero-order chi connectivity index (χ0) is 12.0. The summed E-state index contributed by atoms with van der Waals surface area (Å²) >= 11 is 0. The zero-order valence-corrected chi connectivity index (χ0v) is 10.3. The van der Waals surface area contributed by atoms with E-state index < -0.39 is 0 Å². The van der Waals surface area contributed by atoms with Crippen LogP contribution in [0.5, 0.6) is 0 Å². The number of nitrogens with one attached hydrogen (secondary N) is 1. The van der Waals surface area contributed by atoms with Crippen LogP contribution in [0.25, 0.3) is 0 Å². The van der Waals surface area contributed by atoms with Crippen molar-refractivity contribution in [2.75, 3.05) is 6.61 Å². The van der Waals surface area contributed by atoms with Crippen molar-refractivity contribution < 1.29 is 9.53 Å². The third kappa shape index (κ3) is 1.50. The summed E-state index contributed by atoms with van der Waals surface area (Å²) in [6.07, 6.45) is 3.54. The summed E-state index contributed by atoms with van der Waals surface area (Å²) < 4.78 is 5.03. The molecule has 4 nitrogen and oxygen atoms in total. The highest BCUT2D eigenvalue weighted by Gasteiger charge is 2.57. The molecule has 2 aliphatic rings. The van der Waals surface area contributed by atoms with Gasteiger partial charge in [-0.25, -0.2) is 4.79 Å². The molecule has 1 heterocycles. The number of ether oxygens (including phenoxy) is 1. The molecule has 1 fully saturated rings. The van der Waals surface area contributed by atoms with E-state index in [0.29, 0.717) is 18.2 Å². The minimum atomic E-state index is -0.255. The molecule has 92 valence electrons. The second-order valence-corrected chi connectivity index (χ2v) is 5.03. The highest BCUT2D eigenvalue weighted by Crippen LogP contribution is 2.62. The van der Waals surface area contributed by atoms with Crippen molar-refractivity contribution in [2.45, 2.75) is 39.0 Å². The van der Waals surface area contributed by atoms with Crippen LogP contribution in [-0.2, 0) is 11.2 Å². The summed E-state index contributed by atoms with van der Waals surface area (Å²) in [6.45, 7) is 4.46. The summed E-state index contributed by atoms with van der Waals surface area (Å²) in [7, 11) is 0. The molecule has 0 amide bonds. The van der Waals surface area contributed by atoms with Crippen molar-refractivity contribution in [3.8, 4) is 0 Å². The van der Waals surface area contributed by atoms with Crippen LogP contribution in [0.4, 0.5) is 0 Å². The van der Waals surface area contributed by atoms with E-state index in [1.807, 2.05) is 6.92 Å². The third-order valence-electron chi connectivity index (χ3n) is 4.09. The molecule has 1 aromatic rings. The number of aromatic amines is 1. The molecule has 0 saturated heterocycles. The number of fused-ring (bicyclic) bond motifs is 3. The van der Waals surface area contributed by atoms with Crippen molar-refractivity contribution in [1.29, 1.82) is 0 Å². The van der Waals surface area contributed by atoms with Crippen LogP contribution in [0.3, 0.4) is 0 Å². The van der Waals surface area contributed by atoms with Crippen molar-refractivity contribution in [2.24, 2.45) is 11.8 Å². The maximum absolute atomic E-state index is 11.7. The first-order valence-electron chi connectivity index (χ1n) is 6.52. The molecule has 17 heavy (non-hydrogen) atoms. The molecule has 3 atom stereocenters. The number of nitrogens with zero attached hydrogens (tertiary/aromatic N) is 1. The Labute approximate surface area is 101 Å². The largest absolute Gasteiger partial charge is 0.461 e. The number of esters is 1. The van der Waals surface area contributed by atoms with Gasteiger partial charge < -0.3 is 4.74 Å². The number of hydrogen-bond donors (Lipinski definition) is 1. The van der Waals surface area contributed by atoms with E-state index >= 15 is 0 Å². The fraction of sp³-hybridized carbons (Fsp3) is 0.692. The molecule has 0 spiro atoms. The lowest BCUT2D eigenvalue weighted by Gasteiger charge is -2.03. The van der Waals surface area contributed by atoms with Gasteiger partial charge in [0.1, 0.15) is 5.69 Å². The topological polar surface area (TPSA) is 55.0 Å². The number of carbonyl (C=O) groups is 1. The molecular weight excluding hydrogens is 216 g/mol. The molecule has 1 saturated carbocycles. The Bertz CT molecular complexity index is 452. The maximum atomic E-state index is 11.7. The minimum absolute atomic E-state index is 0.255. The summed E-state index contributed by atoms with van der Waals surface area (Å²) in [5, 5.41) is 7.19. The van der Waals surface area contributed by atoms with Crippen LogP contribution in [0.2, 0.25) is 0 Å². The summed E-state index contributed by atoms with van der Waals surface area (Å²) in [5.41, 5.74) is 2.84. The van der Waals surface area contributed by atoms with Gasteiger partial charge in [0.2, 0.25) is 0 Å². The number of hydrogen-bond acceptors (Lipinski definition) is 3. The fourth-order valence-electron chi connectivity index (χ4n) is 3.33. The lowest BCUT2D eigenvalue weighted by atomic mass is 10.0. The van der Waals surface area contributed by atoms with Gasteiger partial charge in [-0.05, 0) is 31.6 Å². The molecule has 1 aromatic heterocycles. The van der Waals surface area contributed by atoms with Crippen LogP contribution in [0.1, 0.15) is 54.4 Å². The quantitative estimate of drug-likeness (QED) is 0.813. The summed E-state index contributed by atoms with van der Waals surface area (Å²) in [5.74, 6) is 1.92. The lowest BCUT2D eigenvalue weighted by molar-refractivity contribution is 0.0518. The fourth-order valence-corrected chi connectivity index (χ4v) is 3.33. The Morgan fingerprint density at radius 2 is 2.35 bits per heavy atom. The number of aromatic nitrogens is 2. The Morgan fingerprint density at radius 1 is 1.53 bits per heavy atom. The van der Waals surface area contributed by atoms with E-state index in [2.05, 4.69) is 17.1 Å². The van der Waals surface area contributed by atoms with Crippen molar-refractivity contribution in [3.05, 3.63) is 17.0 Å². The minimum Gasteiger partial charge on any atom is -0.461 e. The zero-order valence-electron chi connectivity index (χ0n) is 10.3. The van der Waals surface area contributed by atoms with Crippen LogP contribution in [0, 0.1) is 11.8 Å². The second-order valence-electron chi connectivity index (χ2n) is 5.03. The Kier molecular flexibility index (Phi) is 2.45. The first-order valence-corrected chi connectivity index (χ1v) is 6.52. The van der Waals surface area contributed by atoms with Gasteiger partial charge in [-0.3, -0.25) is 5.10 Å². The molecule has 0 radical (unpaired) electrons. The smallest absolute Gasteiger partial charge is 0.356 e. The lowest BCUT2D eigenvalue weighted by Crippen LogP contribution is -2.08. The van der Waals surface area contributed by atoms with E-state index in [-0.39, 0.29) is 5.97 Å². The normalized spacial score (nSPS) is 28.7.